The summed E-state index contributed by atoms with van der Waals surface area (Å²) < 4.78 is 5.46. The minimum absolute atomic E-state index is 0.133. The van der Waals surface area contributed by atoms with Gasteiger partial charge in [-0.3, -0.25) is 15.0 Å². The molecule has 0 bridgehead atoms. The van der Waals surface area contributed by atoms with Crippen molar-refractivity contribution in [2.45, 2.75) is 39.2 Å². The number of piperidine rings is 1. The number of nitro benzene ring substituents is 1. The fourth-order valence-corrected chi connectivity index (χ4v) is 3.96. The fraction of sp³-hybridized carbons (Fsp3) is 0.667. The third kappa shape index (κ3) is 6.06. The van der Waals surface area contributed by atoms with E-state index in [0.717, 1.165) is 64.3 Å². The molecular formula is C21H32N4O4. The lowest BCUT2D eigenvalue weighted by Crippen LogP contribution is -2.51. The molecule has 1 aromatic carbocycles. The molecular weight excluding hydrogens is 372 g/mol. The number of non-ortho nitro benzene ring substituents is 1. The molecule has 0 unspecified atom stereocenters. The number of hydrogen-bond acceptors (Lipinski definition) is 6. The highest BCUT2D eigenvalue weighted by Crippen LogP contribution is 2.26. The Hall–Kier alpha value is -2.35. The van der Waals surface area contributed by atoms with Crippen LogP contribution in [0.3, 0.4) is 0 Å². The average molecular weight is 405 g/mol. The monoisotopic (exact) mass is 404 g/mol. The molecule has 1 aromatic rings. The molecule has 0 aromatic heterocycles. The van der Waals surface area contributed by atoms with E-state index in [2.05, 4.69) is 9.80 Å². The van der Waals surface area contributed by atoms with E-state index in [1.165, 1.54) is 0 Å². The lowest BCUT2D eigenvalue weighted by molar-refractivity contribution is -0.384. The maximum absolute atomic E-state index is 12.2. The molecule has 1 amide bonds. The van der Waals surface area contributed by atoms with Crippen LogP contribution in [-0.4, -0.2) is 72.2 Å². The van der Waals surface area contributed by atoms with Crippen molar-refractivity contribution in [2.24, 2.45) is 5.92 Å². The molecule has 0 atom stereocenters. The molecule has 8 heteroatoms. The van der Waals surface area contributed by atoms with Crippen molar-refractivity contribution < 1.29 is 14.5 Å². The van der Waals surface area contributed by atoms with Gasteiger partial charge in [0, 0.05) is 63.6 Å². The molecule has 2 aliphatic rings. The molecule has 0 aliphatic carbocycles. The van der Waals surface area contributed by atoms with Gasteiger partial charge in [-0.25, -0.2) is 4.79 Å². The first-order valence-corrected chi connectivity index (χ1v) is 10.4. The third-order valence-corrected chi connectivity index (χ3v) is 5.58. The van der Waals surface area contributed by atoms with E-state index in [0.29, 0.717) is 5.92 Å². The molecule has 8 nitrogen and oxygen atoms in total. The number of anilines is 1. The van der Waals surface area contributed by atoms with E-state index < -0.39 is 5.60 Å². The molecule has 0 spiro atoms. The summed E-state index contributed by atoms with van der Waals surface area (Å²) in [6.07, 6.45) is 2.01. The van der Waals surface area contributed by atoms with Crippen LogP contribution in [0.25, 0.3) is 0 Å². The van der Waals surface area contributed by atoms with Gasteiger partial charge < -0.3 is 14.5 Å². The first-order chi connectivity index (χ1) is 13.7. The average Bonchev–Trinajstić information content (AvgIpc) is 2.68. The summed E-state index contributed by atoms with van der Waals surface area (Å²) in [6.45, 7) is 11.9. The normalized spacial score (nSPS) is 19.3. The highest BCUT2D eigenvalue weighted by atomic mass is 16.6. The van der Waals surface area contributed by atoms with E-state index in [9.17, 15) is 14.9 Å². The van der Waals surface area contributed by atoms with E-state index in [-0.39, 0.29) is 16.7 Å². The molecule has 29 heavy (non-hydrogen) atoms. The zero-order valence-electron chi connectivity index (χ0n) is 17.7. The van der Waals surface area contributed by atoms with Gasteiger partial charge in [-0.2, -0.15) is 0 Å². The Morgan fingerprint density at radius 2 is 1.66 bits per heavy atom. The first-order valence-electron chi connectivity index (χ1n) is 10.4. The predicted octanol–water partition coefficient (Wildman–Crippen LogP) is 3.36. The van der Waals surface area contributed by atoms with Crippen molar-refractivity contribution in [3.8, 4) is 0 Å². The van der Waals surface area contributed by atoms with Crippen LogP contribution in [0.2, 0.25) is 0 Å². The SMILES string of the molecule is CC(C)(C)OC(=O)N1CCN(CC2CCN(c3ccc([N+](=O)[O-])cc3)CC2)CC1. The van der Waals surface area contributed by atoms with Crippen molar-refractivity contribution >= 4 is 17.5 Å². The van der Waals surface area contributed by atoms with Crippen LogP contribution < -0.4 is 4.90 Å². The van der Waals surface area contributed by atoms with Gasteiger partial charge in [0.15, 0.2) is 0 Å². The first kappa shape index (κ1) is 21.4. The van der Waals surface area contributed by atoms with Gasteiger partial charge in [0.2, 0.25) is 0 Å². The number of benzene rings is 1. The molecule has 2 heterocycles. The number of carbonyl (C=O) groups is 1. The molecule has 0 radical (unpaired) electrons. The van der Waals surface area contributed by atoms with E-state index in [4.69, 9.17) is 4.74 Å². The van der Waals surface area contributed by atoms with Crippen LogP contribution in [0.15, 0.2) is 24.3 Å². The van der Waals surface area contributed by atoms with Gasteiger partial charge in [-0.1, -0.05) is 0 Å². The minimum Gasteiger partial charge on any atom is -0.444 e. The molecule has 2 fully saturated rings. The summed E-state index contributed by atoms with van der Waals surface area (Å²) in [6, 6.07) is 6.83. The number of carbonyl (C=O) groups excluding carboxylic acids is 1. The number of nitrogens with zero attached hydrogens (tertiary/aromatic N) is 4. The van der Waals surface area contributed by atoms with Gasteiger partial charge in [-0.05, 0) is 51.7 Å². The van der Waals surface area contributed by atoms with Gasteiger partial charge in [-0.15, -0.1) is 0 Å². The summed E-state index contributed by atoms with van der Waals surface area (Å²) in [5.41, 5.74) is 0.737. The highest BCUT2D eigenvalue weighted by molar-refractivity contribution is 5.68. The molecule has 2 saturated heterocycles. The van der Waals surface area contributed by atoms with Crippen LogP contribution in [0.5, 0.6) is 0 Å². The van der Waals surface area contributed by atoms with Gasteiger partial charge in [0.1, 0.15) is 5.60 Å². The van der Waals surface area contributed by atoms with Crippen molar-refractivity contribution in [1.29, 1.82) is 0 Å². The Morgan fingerprint density at radius 1 is 1.07 bits per heavy atom. The number of nitro groups is 1. The Morgan fingerprint density at radius 3 is 2.17 bits per heavy atom. The number of amides is 1. The standard InChI is InChI=1S/C21H32N4O4/c1-21(2,3)29-20(26)24-14-12-22(13-15-24)16-17-8-10-23(11-9-17)18-4-6-19(7-5-18)25(27)28/h4-7,17H,8-16H2,1-3H3. The largest absolute Gasteiger partial charge is 0.444 e. The predicted molar refractivity (Wildman–Crippen MR) is 112 cm³/mol. The Bertz CT molecular complexity index is 700. The summed E-state index contributed by atoms with van der Waals surface area (Å²) in [4.78, 5) is 29.2. The van der Waals surface area contributed by atoms with Crippen molar-refractivity contribution in [3.63, 3.8) is 0 Å². The lowest BCUT2D eigenvalue weighted by Gasteiger charge is -2.39. The number of rotatable bonds is 4. The zero-order valence-corrected chi connectivity index (χ0v) is 17.7. The van der Waals surface area contributed by atoms with E-state index in [1.54, 1.807) is 17.0 Å². The molecule has 3 rings (SSSR count). The Kier molecular flexibility index (Phi) is 6.62. The third-order valence-electron chi connectivity index (χ3n) is 5.58. The smallest absolute Gasteiger partial charge is 0.410 e. The second-order valence-electron chi connectivity index (χ2n) is 8.97. The summed E-state index contributed by atoms with van der Waals surface area (Å²) in [5.74, 6) is 0.650. The molecule has 0 saturated carbocycles. The summed E-state index contributed by atoms with van der Waals surface area (Å²) in [5, 5.41) is 10.8. The summed E-state index contributed by atoms with van der Waals surface area (Å²) >= 11 is 0. The van der Waals surface area contributed by atoms with Crippen LogP contribution in [0.4, 0.5) is 16.2 Å². The zero-order chi connectivity index (χ0) is 21.0. The quantitative estimate of drug-likeness (QED) is 0.566. The lowest BCUT2D eigenvalue weighted by atomic mass is 9.95. The van der Waals surface area contributed by atoms with Gasteiger partial charge in [0.05, 0.1) is 4.92 Å². The second kappa shape index (κ2) is 8.98. The highest BCUT2D eigenvalue weighted by Gasteiger charge is 2.28. The maximum Gasteiger partial charge on any atom is 0.410 e. The van der Waals surface area contributed by atoms with Crippen LogP contribution >= 0.6 is 0 Å². The van der Waals surface area contributed by atoms with E-state index >= 15 is 0 Å². The second-order valence-corrected chi connectivity index (χ2v) is 8.97. The van der Waals surface area contributed by atoms with Crippen molar-refractivity contribution in [3.05, 3.63) is 34.4 Å². The Labute approximate surface area is 172 Å². The Balaban J connectivity index is 1.40. The van der Waals surface area contributed by atoms with Crippen LogP contribution in [0, 0.1) is 16.0 Å². The van der Waals surface area contributed by atoms with Gasteiger partial charge in [0.25, 0.3) is 5.69 Å². The molecule has 0 N–H and O–H groups in total. The van der Waals surface area contributed by atoms with Crippen molar-refractivity contribution in [2.75, 3.05) is 50.7 Å². The van der Waals surface area contributed by atoms with Gasteiger partial charge >= 0.3 is 6.09 Å². The van der Waals surface area contributed by atoms with Crippen LogP contribution in [0.1, 0.15) is 33.6 Å². The minimum atomic E-state index is -0.453. The number of ether oxygens (including phenoxy) is 1. The van der Waals surface area contributed by atoms with E-state index in [1.807, 2.05) is 32.9 Å². The van der Waals surface area contributed by atoms with Crippen molar-refractivity contribution in [1.82, 2.24) is 9.80 Å². The fourth-order valence-electron chi connectivity index (χ4n) is 3.96. The topological polar surface area (TPSA) is 79.2 Å². The maximum atomic E-state index is 12.2. The number of piperazine rings is 1. The number of hydrogen-bond donors (Lipinski definition) is 0. The summed E-state index contributed by atoms with van der Waals surface area (Å²) in [7, 11) is 0. The molecule has 2 aliphatic heterocycles. The van der Waals surface area contributed by atoms with Crippen LogP contribution in [-0.2, 0) is 4.74 Å². The molecule has 160 valence electrons.